The Bertz CT molecular complexity index is 1240. The zero-order valence-corrected chi connectivity index (χ0v) is 23.1. The average Bonchev–Trinajstić information content (AvgIpc) is 2.74. The van der Waals surface area contributed by atoms with Crippen LogP contribution in [0.5, 0.6) is 5.75 Å². The van der Waals surface area contributed by atoms with Crippen LogP contribution in [0.15, 0.2) is 34.7 Å². The third-order valence-corrected chi connectivity index (χ3v) is 7.72. The number of ether oxygens (including phenoxy) is 1. The number of terminal acetylenes is 1. The van der Waals surface area contributed by atoms with Gasteiger partial charge in [-0.1, -0.05) is 56.8 Å². The van der Waals surface area contributed by atoms with Crippen molar-refractivity contribution in [2.75, 3.05) is 13.2 Å². The number of allylic oxidation sites excluding steroid dienone is 4. The molecule has 0 spiro atoms. The molecule has 37 heavy (non-hydrogen) atoms. The van der Waals surface area contributed by atoms with Gasteiger partial charge in [-0.05, 0) is 35.8 Å². The van der Waals surface area contributed by atoms with Crippen LogP contribution in [-0.2, 0) is 14.4 Å². The predicted octanol–water partition coefficient (Wildman–Crippen LogP) is 6.17. The summed E-state index contributed by atoms with van der Waals surface area (Å²) >= 11 is 13.0. The number of hydrogen-bond acceptors (Lipinski definition) is 5. The van der Waals surface area contributed by atoms with Gasteiger partial charge >= 0.3 is 5.97 Å². The van der Waals surface area contributed by atoms with Gasteiger partial charge in [0.25, 0.3) is 0 Å². The first-order chi connectivity index (χ1) is 17.2. The molecule has 0 aromatic heterocycles. The zero-order chi connectivity index (χ0) is 27.3. The van der Waals surface area contributed by atoms with Crippen molar-refractivity contribution < 1.29 is 24.2 Å². The second kappa shape index (κ2) is 9.85. The summed E-state index contributed by atoms with van der Waals surface area (Å²) in [7, 11) is 0. The van der Waals surface area contributed by atoms with Crippen LogP contribution < -0.4 is 4.74 Å². The number of carboxylic acids is 1. The first kappa shape index (κ1) is 27.3. The highest BCUT2D eigenvalue weighted by atomic mass is 35.5. The van der Waals surface area contributed by atoms with Gasteiger partial charge in [0.15, 0.2) is 11.6 Å². The van der Waals surface area contributed by atoms with Crippen LogP contribution in [0.3, 0.4) is 0 Å². The topological polar surface area (TPSA) is 83.9 Å². The molecule has 0 unspecified atom stereocenters. The van der Waals surface area contributed by atoms with E-state index in [0.717, 1.165) is 11.4 Å². The van der Waals surface area contributed by atoms with E-state index in [4.69, 9.17) is 34.4 Å². The number of carboxylic acid groups (broad SMARTS) is 1. The van der Waals surface area contributed by atoms with E-state index in [9.17, 15) is 19.5 Å². The maximum atomic E-state index is 13.8. The van der Waals surface area contributed by atoms with Crippen molar-refractivity contribution in [3.8, 4) is 18.1 Å². The lowest BCUT2D eigenvalue weighted by Crippen LogP contribution is -2.45. The number of ketones is 2. The Morgan fingerprint density at radius 1 is 1.05 bits per heavy atom. The van der Waals surface area contributed by atoms with Gasteiger partial charge in [0.1, 0.15) is 12.4 Å². The molecule has 4 rings (SSSR count). The van der Waals surface area contributed by atoms with E-state index in [1.807, 2.05) is 32.6 Å². The number of Topliss-reactive ketones (excluding diaryl/α,β-unsaturated/α-hetero) is 2. The lowest BCUT2D eigenvalue weighted by Gasteiger charge is -2.49. The predicted molar refractivity (Wildman–Crippen MR) is 143 cm³/mol. The number of aliphatic carboxylic acids is 1. The van der Waals surface area contributed by atoms with Gasteiger partial charge in [-0.3, -0.25) is 14.4 Å². The number of benzene rings is 1. The van der Waals surface area contributed by atoms with Crippen LogP contribution in [0.1, 0.15) is 71.3 Å². The number of halogens is 2. The van der Waals surface area contributed by atoms with E-state index >= 15 is 0 Å². The normalized spacial score (nSPS) is 20.9. The lowest BCUT2D eigenvalue weighted by atomic mass is 9.63. The molecule has 1 aliphatic heterocycles. The number of nitrogens with zero attached hydrogens (tertiary/aromatic N) is 1. The maximum absolute atomic E-state index is 13.8. The number of rotatable bonds is 6. The van der Waals surface area contributed by atoms with Crippen molar-refractivity contribution >= 4 is 40.7 Å². The molecule has 0 fully saturated rings. The van der Waals surface area contributed by atoms with Gasteiger partial charge in [-0.2, -0.15) is 0 Å². The van der Waals surface area contributed by atoms with Crippen molar-refractivity contribution in [3.63, 3.8) is 0 Å². The molecule has 6 nitrogen and oxygen atoms in total. The molecule has 196 valence electrons. The Hall–Kier alpha value is -2.75. The van der Waals surface area contributed by atoms with Crippen molar-refractivity contribution in [2.24, 2.45) is 10.8 Å². The fraction of sp³-hybridized carbons (Fsp3) is 0.483. The van der Waals surface area contributed by atoms with Crippen LogP contribution in [0.4, 0.5) is 0 Å². The molecule has 1 N–H and O–H groups in total. The van der Waals surface area contributed by atoms with E-state index in [0.29, 0.717) is 53.2 Å². The van der Waals surface area contributed by atoms with Gasteiger partial charge in [0.05, 0.1) is 11.4 Å². The minimum Gasteiger partial charge on any atom is -0.481 e. The van der Waals surface area contributed by atoms with Crippen LogP contribution >= 0.6 is 23.2 Å². The zero-order valence-electron chi connectivity index (χ0n) is 21.5. The van der Waals surface area contributed by atoms with E-state index in [2.05, 4.69) is 5.92 Å². The molecule has 1 heterocycles. The summed E-state index contributed by atoms with van der Waals surface area (Å²) in [6.45, 7) is 8.22. The quantitative estimate of drug-likeness (QED) is 0.432. The molecular weight excluding hydrogens is 513 g/mol. The molecule has 0 saturated carbocycles. The van der Waals surface area contributed by atoms with Crippen LogP contribution in [0.2, 0.25) is 10.0 Å². The van der Waals surface area contributed by atoms with E-state index in [1.165, 1.54) is 0 Å². The largest absolute Gasteiger partial charge is 0.481 e. The third kappa shape index (κ3) is 5.30. The Kier molecular flexibility index (Phi) is 7.27. The highest BCUT2D eigenvalue weighted by Gasteiger charge is 2.49. The fourth-order valence-electron chi connectivity index (χ4n) is 5.90. The van der Waals surface area contributed by atoms with Gasteiger partial charge in [0.2, 0.25) is 0 Å². The summed E-state index contributed by atoms with van der Waals surface area (Å²) in [6.07, 6.45) is 7.04. The minimum atomic E-state index is -0.944. The Morgan fingerprint density at radius 3 is 2.08 bits per heavy atom. The molecule has 2 aliphatic carbocycles. The van der Waals surface area contributed by atoms with E-state index in [-0.39, 0.29) is 47.0 Å². The van der Waals surface area contributed by atoms with Crippen molar-refractivity contribution in [1.82, 2.24) is 4.90 Å². The summed E-state index contributed by atoms with van der Waals surface area (Å²) in [5.74, 6) is 0.887. The fourth-order valence-corrected chi connectivity index (χ4v) is 6.46. The number of carbonyl (C=O) groups is 3. The van der Waals surface area contributed by atoms with Crippen molar-refractivity contribution in [2.45, 2.75) is 65.7 Å². The van der Waals surface area contributed by atoms with Gasteiger partial charge in [-0.15, -0.1) is 6.42 Å². The Labute approximate surface area is 227 Å². The Balaban J connectivity index is 2.05. The van der Waals surface area contributed by atoms with Gasteiger partial charge in [-0.25, -0.2) is 0 Å². The van der Waals surface area contributed by atoms with E-state index < -0.39 is 11.9 Å². The van der Waals surface area contributed by atoms with Crippen LogP contribution in [0, 0.1) is 23.2 Å². The van der Waals surface area contributed by atoms with Crippen molar-refractivity contribution in [3.05, 3.63) is 50.3 Å². The van der Waals surface area contributed by atoms with Crippen LogP contribution in [0.25, 0.3) is 0 Å². The lowest BCUT2D eigenvalue weighted by molar-refractivity contribution is -0.137. The average molecular weight is 544 g/mol. The SMILES string of the molecule is C#CCOc1c(Cl)cc(Cl)cc1C1C2=C(CC(C)(C)CC2=O)N(CCC(=O)O)C2=C1C(=O)CC(C)(C)C2. The second-order valence-corrected chi connectivity index (χ2v) is 12.5. The molecule has 0 amide bonds. The molecule has 0 radical (unpaired) electrons. The van der Waals surface area contributed by atoms with Crippen molar-refractivity contribution in [1.29, 1.82) is 0 Å². The Morgan fingerprint density at radius 2 is 1.59 bits per heavy atom. The smallest absolute Gasteiger partial charge is 0.305 e. The van der Waals surface area contributed by atoms with Crippen LogP contribution in [-0.4, -0.2) is 40.7 Å². The third-order valence-electron chi connectivity index (χ3n) is 7.22. The summed E-state index contributed by atoms with van der Waals surface area (Å²) in [5.41, 5.74) is 2.35. The van der Waals surface area contributed by atoms with Gasteiger partial charge < -0.3 is 14.7 Å². The summed E-state index contributed by atoms with van der Waals surface area (Å²) in [4.78, 5) is 41.2. The molecule has 1 aromatic carbocycles. The maximum Gasteiger partial charge on any atom is 0.305 e. The molecule has 0 saturated heterocycles. The molecule has 8 heteroatoms. The highest BCUT2D eigenvalue weighted by Crippen LogP contribution is 2.56. The monoisotopic (exact) mass is 543 g/mol. The number of carbonyl (C=O) groups excluding carboxylic acids is 2. The summed E-state index contributed by atoms with van der Waals surface area (Å²) in [6, 6.07) is 3.23. The first-order valence-corrected chi connectivity index (χ1v) is 13.1. The second-order valence-electron chi connectivity index (χ2n) is 11.6. The molecular formula is C29H31Cl2NO5. The molecule has 0 atom stereocenters. The first-order valence-electron chi connectivity index (χ1n) is 12.3. The summed E-state index contributed by atoms with van der Waals surface area (Å²) < 4.78 is 5.86. The minimum absolute atomic E-state index is 0.0500. The van der Waals surface area contributed by atoms with Gasteiger partial charge in [0, 0.05) is 58.4 Å². The van der Waals surface area contributed by atoms with E-state index in [1.54, 1.807) is 12.1 Å². The number of hydrogen-bond donors (Lipinski definition) is 1. The molecule has 1 aromatic rings. The highest BCUT2D eigenvalue weighted by molar-refractivity contribution is 6.35. The molecule has 3 aliphatic rings. The summed E-state index contributed by atoms with van der Waals surface area (Å²) in [5, 5.41) is 10.1. The molecule has 0 bridgehead atoms. The standard InChI is InChI=1S/C29H31Cl2NO5/c1-6-9-37-27-17(10-16(30)11-18(27)31)24-25-19(12-28(2,3)14-21(25)33)32(8-7-23(35)36)20-13-29(4,5)15-22(34)26(20)24/h1,10-11,24H,7-9,12-15H2,2-5H3,(H,35,36).